The second kappa shape index (κ2) is 14.2. The van der Waals surface area contributed by atoms with E-state index in [0.29, 0.717) is 51.3 Å². The van der Waals surface area contributed by atoms with Gasteiger partial charge in [0, 0.05) is 67.8 Å². The number of hydrogen-bond acceptors (Lipinski definition) is 8. The number of thiophene rings is 1. The van der Waals surface area contributed by atoms with E-state index in [9.17, 15) is 27.6 Å². The summed E-state index contributed by atoms with van der Waals surface area (Å²) in [5.41, 5.74) is 3.12. The van der Waals surface area contributed by atoms with E-state index in [1.807, 2.05) is 13.0 Å². The summed E-state index contributed by atoms with van der Waals surface area (Å²) in [4.78, 5) is 53.9. The number of carbonyl (C=O) groups excluding carboxylic acids is 3. The molecule has 10 nitrogen and oxygen atoms in total. The summed E-state index contributed by atoms with van der Waals surface area (Å²) in [6, 6.07) is 12.6. The smallest absolute Gasteiger partial charge is 0.265 e. The van der Waals surface area contributed by atoms with Crippen LogP contribution in [0.5, 0.6) is 0 Å². The highest BCUT2D eigenvalue weighted by Gasteiger charge is 2.45. The topological polar surface area (TPSA) is 117 Å². The van der Waals surface area contributed by atoms with Crippen LogP contribution >= 0.6 is 22.9 Å². The molecule has 2 aromatic carbocycles. The van der Waals surface area contributed by atoms with Gasteiger partial charge in [-0.25, -0.2) is 18.2 Å². The van der Waals surface area contributed by atoms with Crippen LogP contribution in [-0.4, -0.2) is 60.5 Å². The van der Waals surface area contributed by atoms with Gasteiger partial charge in [0.2, 0.25) is 0 Å². The standard InChI is InChI=1S/C39H32ClF3N6O4S/c1-21-12-27(35(45-17-21)48-19-39(20-48)7-10-53-11-8-39)36(50)46-26-4-2-22(3-5-26)38(52)49-9-6-23-13-31(54-34(23)33-30(49)16-25(42)18-44-33)37(51)47-32-28(40)14-24(41)15-29(32)43/h2-5,12-18H,6-11,19-20H2,1H3,(H,46,50)(H,47,51). The Balaban J connectivity index is 0.990. The van der Waals surface area contributed by atoms with Gasteiger partial charge in [-0.2, -0.15) is 0 Å². The molecule has 2 N–H and O–H groups in total. The summed E-state index contributed by atoms with van der Waals surface area (Å²) < 4.78 is 48.1. The molecule has 6 heterocycles. The maximum Gasteiger partial charge on any atom is 0.265 e. The van der Waals surface area contributed by atoms with E-state index >= 15 is 0 Å². The van der Waals surface area contributed by atoms with Gasteiger partial charge in [0.25, 0.3) is 17.7 Å². The van der Waals surface area contributed by atoms with Crippen LogP contribution in [0.4, 0.5) is 36.1 Å². The second-order valence-electron chi connectivity index (χ2n) is 13.8. The first-order valence-corrected chi connectivity index (χ1v) is 18.4. The number of aryl methyl sites for hydroxylation is 1. The van der Waals surface area contributed by atoms with Crippen molar-refractivity contribution in [1.29, 1.82) is 0 Å². The summed E-state index contributed by atoms with van der Waals surface area (Å²) in [5, 5.41) is 5.04. The van der Waals surface area contributed by atoms with Crippen molar-refractivity contribution in [2.24, 2.45) is 5.41 Å². The molecule has 0 unspecified atom stereocenters. The summed E-state index contributed by atoms with van der Waals surface area (Å²) in [7, 11) is 0. The zero-order valence-corrected chi connectivity index (χ0v) is 30.4. The number of carbonyl (C=O) groups is 3. The first-order valence-electron chi connectivity index (χ1n) is 17.2. The molecule has 5 aromatic rings. The molecule has 0 aliphatic carbocycles. The van der Waals surface area contributed by atoms with Crippen molar-refractivity contribution in [3.63, 3.8) is 0 Å². The molecule has 0 radical (unpaired) electrons. The van der Waals surface area contributed by atoms with Crippen molar-refractivity contribution < 1.29 is 32.3 Å². The van der Waals surface area contributed by atoms with Crippen molar-refractivity contribution in [1.82, 2.24) is 9.97 Å². The Morgan fingerprint density at radius 1 is 0.907 bits per heavy atom. The van der Waals surface area contributed by atoms with E-state index in [-0.39, 0.29) is 39.1 Å². The van der Waals surface area contributed by atoms with Crippen LogP contribution in [-0.2, 0) is 11.2 Å². The fourth-order valence-electron chi connectivity index (χ4n) is 7.20. The number of fused-ring (bicyclic) bond motifs is 3. The third kappa shape index (κ3) is 6.80. The van der Waals surface area contributed by atoms with Gasteiger partial charge in [-0.05, 0) is 79.8 Å². The predicted octanol–water partition coefficient (Wildman–Crippen LogP) is 7.91. The van der Waals surface area contributed by atoms with Crippen molar-refractivity contribution >= 4 is 63.5 Å². The summed E-state index contributed by atoms with van der Waals surface area (Å²) >= 11 is 7.02. The quantitative estimate of drug-likeness (QED) is 0.180. The number of rotatable bonds is 6. The lowest BCUT2D eigenvalue weighted by atomic mass is 9.73. The number of halogens is 4. The van der Waals surface area contributed by atoms with Gasteiger partial charge in [0.15, 0.2) is 5.82 Å². The Hall–Kier alpha value is -5.31. The van der Waals surface area contributed by atoms with Crippen LogP contribution < -0.4 is 20.4 Å². The molecule has 3 aliphatic rings. The molecule has 2 saturated heterocycles. The van der Waals surface area contributed by atoms with Gasteiger partial charge in [-0.3, -0.25) is 19.4 Å². The Bertz CT molecular complexity index is 2300. The number of nitrogens with zero attached hydrogens (tertiary/aromatic N) is 4. The molecular formula is C39H32ClF3N6O4S. The largest absolute Gasteiger partial charge is 0.381 e. The monoisotopic (exact) mass is 772 g/mol. The fraction of sp³-hybridized carbons (Fsp3) is 0.256. The van der Waals surface area contributed by atoms with Crippen molar-refractivity contribution in [3.05, 3.63) is 117 Å². The third-order valence-corrected chi connectivity index (χ3v) is 11.5. The van der Waals surface area contributed by atoms with Gasteiger partial charge in [0.1, 0.15) is 23.1 Å². The summed E-state index contributed by atoms with van der Waals surface area (Å²) in [6.45, 7) is 5.15. The lowest BCUT2D eigenvalue weighted by Gasteiger charge is -2.53. The minimum Gasteiger partial charge on any atom is -0.381 e. The summed E-state index contributed by atoms with van der Waals surface area (Å²) in [6.07, 6.45) is 5.06. The van der Waals surface area contributed by atoms with E-state index in [4.69, 9.17) is 16.3 Å². The zero-order valence-electron chi connectivity index (χ0n) is 28.8. The third-order valence-electron chi connectivity index (χ3n) is 10.0. The Kier molecular flexibility index (Phi) is 9.36. The molecule has 54 heavy (non-hydrogen) atoms. The number of benzene rings is 2. The normalized spacial score (nSPS) is 15.9. The number of nitrogens with one attached hydrogen (secondary N) is 2. The van der Waals surface area contributed by atoms with Crippen LogP contribution in [0.15, 0.2) is 67.0 Å². The maximum atomic E-state index is 14.7. The maximum absolute atomic E-state index is 14.7. The first kappa shape index (κ1) is 35.7. The van der Waals surface area contributed by atoms with E-state index in [1.54, 1.807) is 36.5 Å². The van der Waals surface area contributed by atoms with E-state index in [0.717, 1.165) is 68.3 Å². The molecule has 276 valence electrons. The van der Waals surface area contributed by atoms with E-state index in [2.05, 4.69) is 25.5 Å². The average molecular weight is 773 g/mol. The fourth-order valence-corrected chi connectivity index (χ4v) is 8.55. The minimum atomic E-state index is -1.03. The number of amides is 3. The van der Waals surface area contributed by atoms with Crippen molar-refractivity contribution in [3.8, 4) is 10.6 Å². The SMILES string of the molecule is Cc1cnc(N2CC3(CCOCC3)C2)c(C(=O)Nc2ccc(C(=O)N3CCc4cc(C(=O)Nc5c(F)cc(F)cc5Cl)sc4-c4ncc(F)cc43)cc2)c1. The molecule has 3 aromatic heterocycles. The van der Waals surface area contributed by atoms with E-state index in [1.165, 1.54) is 11.0 Å². The number of ether oxygens (including phenoxy) is 1. The number of pyridine rings is 2. The molecule has 0 bridgehead atoms. The molecule has 0 saturated carbocycles. The number of anilines is 4. The van der Waals surface area contributed by atoms with Gasteiger partial charge < -0.3 is 25.2 Å². The zero-order chi connectivity index (χ0) is 37.7. The Morgan fingerprint density at radius 3 is 2.41 bits per heavy atom. The van der Waals surface area contributed by atoms with E-state index < -0.39 is 29.3 Å². The van der Waals surface area contributed by atoms with Crippen molar-refractivity contribution in [2.45, 2.75) is 26.2 Å². The Labute approximate surface area is 316 Å². The molecule has 0 atom stereocenters. The minimum absolute atomic E-state index is 0.132. The predicted molar refractivity (Wildman–Crippen MR) is 200 cm³/mol. The highest BCUT2D eigenvalue weighted by atomic mass is 35.5. The van der Waals surface area contributed by atoms with Crippen LogP contribution in [0, 0.1) is 29.8 Å². The lowest BCUT2D eigenvalue weighted by molar-refractivity contribution is -0.000511. The average Bonchev–Trinajstić information content (AvgIpc) is 3.50. The van der Waals surface area contributed by atoms with Crippen LogP contribution in [0.1, 0.15) is 54.4 Å². The number of aromatic nitrogens is 2. The van der Waals surface area contributed by atoms with Gasteiger partial charge >= 0.3 is 0 Å². The van der Waals surface area contributed by atoms with Gasteiger partial charge in [-0.1, -0.05) is 11.6 Å². The van der Waals surface area contributed by atoms with Crippen molar-refractivity contribution in [2.75, 3.05) is 53.3 Å². The van der Waals surface area contributed by atoms with Gasteiger partial charge in [-0.15, -0.1) is 11.3 Å². The second-order valence-corrected chi connectivity index (χ2v) is 15.2. The molecular weight excluding hydrogens is 741 g/mol. The first-order chi connectivity index (χ1) is 26.0. The molecule has 3 amide bonds. The highest BCUT2D eigenvalue weighted by Crippen LogP contribution is 2.43. The van der Waals surface area contributed by atoms with Crippen LogP contribution in [0.2, 0.25) is 5.02 Å². The summed E-state index contributed by atoms with van der Waals surface area (Å²) in [5.74, 6) is -3.34. The molecule has 15 heteroatoms. The highest BCUT2D eigenvalue weighted by molar-refractivity contribution is 7.17. The molecule has 2 fully saturated rings. The molecule has 1 spiro atoms. The van der Waals surface area contributed by atoms with Crippen LogP contribution in [0.3, 0.4) is 0 Å². The molecule has 3 aliphatic heterocycles. The number of hydrogen-bond donors (Lipinski definition) is 2. The van der Waals surface area contributed by atoms with Crippen LogP contribution in [0.25, 0.3) is 10.6 Å². The van der Waals surface area contributed by atoms with Gasteiger partial charge in [0.05, 0.1) is 37.9 Å². The molecule has 8 rings (SSSR count). The Morgan fingerprint density at radius 2 is 1.67 bits per heavy atom. The lowest BCUT2D eigenvalue weighted by Crippen LogP contribution is -2.59.